The van der Waals surface area contributed by atoms with Crippen LogP contribution < -0.4 is 10.2 Å². The number of hydrogen-bond donors (Lipinski definition) is 1. The molecule has 1 aliphatic heterocycles. The van der Waals surface area contributed by atoms with Gasteiger partial charge in [-0.05, 0) is 71.1 Å². The van der Waals surface area contributed by atoms with E-state index in [1.165, 1.54) is 7.11 Å². The number of phenolic OH excluding ortho intramolecular Hbond substituents is 1. The summed E-state index contributed by atoms with van der Waals surface area (Å²) in [5.74, 6) is 0.0399. The Balaban J connectivity index is 1.99. The molecule has 3 aromatic rings. The van der Waals surface area contributed by atoms with Crippen LogP contribution in [0.3, 0.4) is 0 Å². The van der Waals surface area contributed by atoms with Crippen LogP contribution in [0.25, 0.3) is 11.0 Å². The molecule has 2 heterocycles. The summed E-state index contributed by atoms with van der Waals surface area (Å²) in [5.41, 5.74) is 3.04. The van der Waals surface area contributed by atoms with Crippen molar-refractivity contribution >= 4 is 32.8 Å². The maximum Gasteiger partial charge on any atom is 0.290 e. The highest BCUT2D eigenvalue weighted by atomic mass is 79.9. The van der Waals surface area contributed by atoms with Crippen molar-refractivity contribution in [2.75, 3.05) is 13.7 Å². The lowest BCUT2D eigenvalue weighted by Gasteiger charge is -2.26. The average molecular weight is 500 g/mol. The largest absolute Gasteiger partial charge is 0.503 e. The van der Waals surface area contributed by atoms with Crippen LogP contribution in [0.15, 0.2) is 37.9 Å². The van der Waals surface area contributed by atoms with Gasteiger partial charge in [0.1, 0.15) is 5.58 Å². The first-order valence-electron chi connectivity index (χ1n) is 10.7. The van der Waals surface area contributed by atoms with Crippen LogP contribution in [0, 0.1) is 13.8 Å². The number of fused-ring (bicyclic) bond motifs is 2. The fraction of sp³-hybridized carbons (Fsp3) is 0.360. The van der Waals surface area contributed by atoms with Gasteiger partial charge in [-0.25, -0.2) is 0 Å². The van der Waals surface area contributed by atoms with E-state index < -0.39 is 6.04 Å². The fourth-order valence-corrected chi connectivity index (χ4v) is 4.95. The fourth-order valence-electron chi connectivity index (χ4n) is 4.49. The van der Waals surface area contributed by atoms with E-state index in [0.29, 0.717) is 33.1 Å². The zero-order chi connectivity index (χ0) is 23.2. The van der Waals surface area contributed by atoms with Gasteiger partial charge in [0.25, 0.3) is 5.91 Å². The SMILES string of the molecule is CCCCCN1C(=O)c2oc3c(C)cc(C)cc3c(=O)c2C1c1cc(Br)c(O)c(OC)c1. The van der Waals surface area contributed by atoms with Gasteiger partial charge < -0.3 is 19.2 Å². The third kappa shape index (κ3) is 3.58. The Kier molecular flexibility index (Phi) is 6.03. The minimum Gasteiger partial charge on any atom is -0.503 e. The summed E-state index contributed by atoms with van der Waals surface area (Å²) in [6, 6.07) is 6.52. The van der Waals surface area contributed by atoms with Crippen molar-refractivity contribution in [3.8, 4) is 11.5 Å². The zero-order valence-electron chi connectivity index (χ0n) is 18.6. The Hall–Kier alpha value is -2.80. The van der Waals surface area contributed by atoms with Crippen molar-refractivity contribution in [2.45, 2.75) is 46.1 Å². The third-order valence-corrected chi connectivity index (χ3v) is 6.59. The first-order valence-corrected chi connectivity index (χ1v) is 11.5. The number of carbonyl (C=O) groups excluding carboxylic acids is 1. The number of unbranched alkanes of at least 4 members (excludes halogenated alkanes) is 2. The van der Waals surface area contributed by atoms with Gasteiger partial charge in [0.2, 0.25) is 5.76 Å². The van der Waals surface area contributed by atoms with E-state index in [1.54, 1.807) is 17.0 Å². The number of aryl methyl sites for hydroxylation is 2. The molecule has 6 nitrogen and oxygen atoms in total. The maximum absolute atomic E-state index is 13.7. The molecule has 1 aliphatic rings. The number of amides is 1. The highest BCUT2D eigenvalue weighted by molar-refractivity contribution is 9.10. The zero-order valence-corrected chi connectivity index (χ0v) is 20.2. The summed E-state index contributed by atoms with van der Waals surface area (Å²) in [7, 11) is 1.46. The monoisotopic (exact) mass is 499 g/mol. The van der Waals surface area contributed by atoms with Gasteiger partial charge in [0.15, 0.2) is 16.9 Å². The third-order valence-electron chi connectivity index (χ3n) is 5.99. The lowest BCUT2D eigenvalue weighted by Crippen LogP contribution is -2.30. The summed E-state index contributed by atoms with van der Waals surface area (Å²) in [4.78, 5) is 28.9. The number of benzene rings is 2. The van der Waals surface area contributed by atoms with Gasteiger partial charge in [-0.2, -0.15) is 0 Å². The van der Waals surface area contributed by atoms with E-state index in [4.69, 9.17) is 9.15 Å². The Labute approximate surface area is 194 Å². The molecule has 0 aliphatic carbocycles. The Morgan fingerprint density at radius 3 is 2.59 bits per heavy atom. The van der Waals surface area contributed by atoms with Crippen molar-refractivity contribution in [3.05, 3.63) is 67.0 Å². The Morgan fingerprint density at radius 1 is 1.16 bits per heavy atom. The van der Waals surface area contributed by atoms with Gasteiger partial charge in [0, 0.05) is 6.54 Å². The summed E-state index contributed by atoms with van der Waals surface area (Å²) in [6.45, 7) is 6.41. The number of phenols is 1. The van der Waals surface area contributed by atoms with Crippen LogP contribution in [0.5, 0.6) is 11.5 Å². The Morgan fingerprint density at radius 2 is 1.91 bits per heavy atom. The standard InChI is InChI=1S/C25H26BrNO5/c1-5-6-7-8-27-20(15-11-17(26)22(29)18(12-15)31-4)19-21(28)16-10-13(2)9-14(3)23(16)32-24(19)25(27)30/h9-12,20,29H,5-8H2,1-4H3. The molecule has 1 unspecified atom stereocenters. The second kappa shape index (κ2) is 8.62. The van der Waals surface area contributed by atoms with E-state index in [-0.39, 0.29) is 28.6 Å². The summed E-state index contributed by atoms with van der Waals surface area (Å²) < 4.78 is 11.8. The van der Waals surface area contributed by atoms with Gasteiger partial charge in [-0.15, -0.1) is 0 Å². The topological polar surface area (TPSA) is 80.0 Å². The minimum absolute atomic E-state index is 0.0323. The second-order valence-electron chi connectivity index (χ2n) is 8.29. The number of ether oxygens (including phenoxy) is 1. The number of rotatable bonds is 6. The molecular weight excluding hydrogens is 474 g/mol. The summed E-state index contributed by atoms with van der Waals surface area (Å²) >= 11 is 3.37. The van der Waals surface area contributed by atoms with Crippen molar-refractivity contribution in [1.29, 1.82) is 0 Å². The molecule has 0 bridgehead atoms. The van der Waals surface area contributed by atoms with Gasteiger partial charge in [-0.3, -0.25) is 9.59 Å². The van der Waals surface area contributed by atoms with Crippen molar-refractivity contribution in [3.63, 3.8) is 0 Å². The Bertz CT molecular complexity index is 1280. The van der Waals surface area contributed by atoms with E-state index in [1.807, 2.05) is 26.0 Å². The first-order chi connectivity index (χ1) is 15.3. The lowest BCUT2D eigenvalue weighted by molar-refractivity contribution is 0.0724. The van der Waals surface area contributed by atoms with Crippen LogP contribution in [0.1, 0.15) is 65.0 Å². The maximum atomic E-state index is 13.7. The molecule has 0 spiro atoms. The van der Waals surface area contributed by atoms with Crippen LogP contribution in [-0.4, -0.2) is 29.6 Å². The van der Waals surface area contributed by atoms with E-state index in [0.717, 1.165) is 30.4 Å². The number of aromatic hydroxyl groups is 1. The van der Waals surface area contributed by atoms with E-state index in [2.05, 4.69) is 22.9 Å². The smallest absolute Gasteiger partial charge is 0.290 e. The molecule has 2 aromatic carbocycles. The number of hydrogen-bond acceptors (Lipinski definition) is 5. The number of carbonyl (C=O) groups is 1. The summed E-state index contributed by atoms with van der Waals surface area (Å²) in [5, 5.41) is 10.7. The molecule has 168 valence electrons. The molecule has 0 fully saturated rings. The number of methoxy groups -OCH3 is 1. The molecule has 1 atom stereocenters. The summed E-state index contributed by atoms with van der Waals surface area (Å²) in [6.07, 6.45) is 2.80. The van der Waals surface area contributed by atoms with Crippen LogP contribution in [-0.2, 0) is 0 Å². The first kappa shape index (κ1) is 22.4. The number of nitrogens with zero attached hydrogens (tertiary/aromatic N) is 1. The molecule has 1 amide bonds. The lowest BCUT2D eigenvalue weighted by atomic mass is 9.97. The average Bonchev–Trinajstić information content (AvgIpc) is 3.03. The molecule has 0 saturated heterocycles. The van der Waals surface area contributed by atoms with Gasteiger partial charge in [0.05, 0.1) is 28.6 Å². The van der Waals surface area contributed by atoms with E-state index >= 15 is 0 Å². The van der Waals surface area contributed by atoms with Crippen LogP contribution >= 0.6 is 15.9 Å². The van der Waals surface area contributed by atoms with E-state index in [9.17, 15) is 14.7 Å². The predicted octanol–water partition coefficient (Wildman–Crippen LogP) is 5.62. The highest BCUT2D eigenvalue weighted by Crippen LogP contribution is 2.43. The van der Waals surface area contributed by atoms with Crippen molar-refractivity contribution in [2.24, 2.45) is 0 Å². The van der Waals surface area contributed by atoms with Gasteiger partial charge >= 0.3 is 0 Å². The molecule has 1 aromatic heterocycles. The van der Waals surface area contributed by atoms with Crippen LogP contribution in [0.2, 0.25) is 0 Å². The van der Waals surface area contributed by atoms with Gasteiger partial charge in [-0.1, -0.05) is 25.8 Å². The molecule has 0 radical (unpaired) electrons. The molecule has 4 rings (SSSR count). The molecular formula is C25H26BrNO5. The predicted molar refractivity (Wildman–Crippen MR) is 127 cm³/mol. The highest BCUT2D eigenvalue weighted by Gasteiger charge is 2.43. The normalized spacial score (nSPS) is 15.5. The second-order valence-corrected chi connectivity index (χ2v) is 9.15. The van der Waals surface area contributed by atoms with Crippen molar-refractivity contribution < 1.29 is 19.1 Å². The number of halogens is 1. The molecule has 1 N–H and O–H groups in total. The van der Waals surface area contributed by atoms with Crippen molar-refractivity contribution in [1.82, 2.24) is 4.90 Å². The minimum atomic E-state index is -0.623. The quantitative estimate of drug-likeness (QED) is 0.445. The molecule has 32 heavy (non-hydrogen) atoms. The van der Waals surface area contributed by atoms with Crippen LogP contribution in [0.4, 0.5) is 0 Å². The molecule has 7 heteroatoms. The molecule has 0 saturated carbocycles.